The van der Waals surface area contributed by atoms with E-state index >= 15 is 0 Å². The minimum Gasteiger partial charge on any atom is -0.463 e. The highest BCUT2D eigenvalue weighted by Crippen LogP contribution is 2.40. The fourth-order valence-electron chi connectivity index (χ4n) is 8.20. The highest BCUT2D eigenvalue weighted by Gasteiger charge is 2.52. The Morgan fingerprint density at radius 3 is 2.24 bits per heavy atom. The molecule has 284 valence electrons. The molecule has 0 amide bonds. The molecule has 3 heterocycles. The normalized spacial score (nSPS) is 35.2. The zero-order chi connectivity index (χ0) is 37.2. The molecule has 8 atom stereocenters. The molecule has 4 rings (SSSR count). The Morgan fingerprint density at radius 1 is 1.04 bits per heavy atom. The minimum absolute atomic E-state index is 0.0187. The number of methoxy groups -OCH3 is 1. The van der Waals surface area contributed by atoms with E-state index in [2.05, 4.69) is 11.8 Å². The lowest BCUT2D eigenvalue weighted by Crippen LogP contribution is -2.59. The number of benzene rings is 1. The predicted octanol–water partition coefficient (Wildman–Crippen LogP) is 3.31. The van der Waals surface area contributed by atoms with Crippen molar-refractivity contribution < 1.29 is 42.1 Å². The summed E-state index contributed by atoms with van der Waals surface area (Å²) in [4.78, 5) is 32.3. The lowest BCUT2D eigenvalue weighted by atomic mass is 9.74. The Labute approximate surface area is 299 Å². The standard InChI is InChI=1S/C37H61N3O9S/c1-25-21-36(6,46-10)32(49-33-30(41)29(38(7)8)20-26(2)48-33)27(3)31(42)35(4,5)34(43)47-24-37(39(9)22-25)16-18-40(19-17-37)50(44,45)23-28-14-12-11-13-15-28/h11-15,25-27,29-30,32-33,41H,16-24H2,1-10H3/t25-,26-,27+,29+,30-,32-,33+,36-/m1/s1. The Bertz CT molecular complexity index is 1420. The summed E-state index contributed by atoms with van der Waals surface area (Å²) in [6.45, 7) is 12.0. The van der Waals surface area contributed by atoms with Crippen molar-refractivity contribution in [3.8, 4) is 0 Å². The molecule has 1 N–H and O–H groups in total. The smallest absolute Gasteiger partial charge is 0.319 e. The van der Waals surface area contributed by atoms with E-state index in [1.54, 1.807) is 27.9 Å². The third-order valence-electron chi connectivity index (χ3n) is 11.5. The molecule has 3 aliphatic heterocycles. The molecule has 0 aliphatic carbocycles. The lowest BCUT2D eigenvalue weighted by Gasteiger charge is -2.48. The van der Waals surface area contributed by atoms with Crippen LogP contribution in [0.25, 0.3) is 0 Å². The average molecular weight is 724 g/mol. The van der Waals surface area contributed by atoms with E-state index in [1.807, 2.05) is 70.2 Å². The summed E-state index contributed by atoms with van der Waals surface area (Å²) in [5.41, 5.74) is -2.45. The summed E-state index contributed by atoms with van der Waals surface area (Å²) in [5, 5.41) is 11.4. The number of Topliss-reactive ketones (excluding diaryl/α,β-unsaturated/α-hetero) is 1. The van der Waals surface area contributed by atoms with E-state index in [0.717, 1.165) is 5.56 Å². The molecule has 0 unspecified atom stereocenters. The van der Waals surface area contributed by atoms with E-state index in [9.17, 15) is 23.1 Å². The first-order valence-corrected chi connectivity index (χ1v) is 19.5. The van der Waals surface area contributed by atoms with E-state index in [0.29, 0.717) is 32.2 Å². The van der Waals surface area contributed by atoms with Crippen molar-refractivity contribution in [2.45, 2.75) is 115 Å². The van der Waals surface area contributed by atoms with Crippen LogP contribution in [0.15, 0.2) is 30.3 Å². The van der Waals surface area contributed by atoms with E-state index in [4.69, 9.17) is 18.9 Å². The number of hydrogen-bond donors (Lipinski definition) is 1. The summed E-state index contributed by atoms with van der Waals surface area (Å²) in [5.74, 6) is -1.90. The molecule has 0 saturated carbocycles. The van der Waals surface area contributed by atoms with Crippen LogP contribution in [0.1, 0.15) is 72.8 Å². The molecule has 0 bridgehead atoms. The van der Waals surface area contributed by atoms with Gasteiger partial charge in [-0.3, -0.25) is 14.5 Å². The zero-order valence-corrected chi connectivity index (χ0v) is 32.6. The number of carbonyl (C=O) groups is 2. The van der Waals surface area contributed by atoms with Crippen LogP contribution in [0.3, 0.4) is 0 Å². The SMILES string of the molecule is CO[C@]1(C)C[C@@H](C)CN(C)C2(CCN(S(=O)(=O)Cc3ccccc3)CC2)COC(=O)C(C)(C)C(=O)[C@H](C)[C@H]1O[C@@H]1O[C@H](C)C[C@H](N(C)C)[C@H]1O. The number of aliphatic hydroxyl groups is 1. The molecule has 0 radical (unpaired) electrons. The number of rotatable bonds is 7. The van der Waals surface area contributed by atoms with Gasteiger partial charge in [-0.05, 0) is 86.0 Å². The van der Waals surface area contributed by atoms with Gasteiger partial charge in [0.2, 0.25) is 10.0 Å². The van der Waals surface area contributed by atoms with E-state index in [1.165, 1.54) is 4.31 Å². The minimum atomic E-state index is -3.56. The fourth-order valence-corrected chi connectivity index (χ4v) is 9.74. The molecule has 1 spiro atoms. The number of piperidine rings is 1. The van der Waals surface area contributed by atoms with Gasteiger partial charge < -0.3 is 29.0 Å². The van der Waals surface area contributed by atoms with E-state index < -0.39 is 57.0 Å². The van der Waals surface area contributed by atoms with Crippen molar-refractivity contribution in [1.29, 1.82) is 0 Å². The lowest BCUT2D eigenvalue weighted by molar-refractivity contribution is -0.295. The molecule has 3 saturated heterocycles. The first kappa shape index (κ1) is 40.8. The van der Waals surface area contributed by atoms with Gasteiger partial charge in [0, 0.05) is 38.7 Å². The van der Waals surface area contributed by atoms with Crippen LogP contribution in [0.4, 0.5) is 0 Å². The van der Waals surface area contributed by atoms with Gasteiger partial charge in [-0.2, -0.15) is 0 Å². The molecule has 3 fully saturated rings. The highest BCUT2D eigenvalue weighted by molar-refractivity contribution is 7.88. The summed E-state index contributed by atoms with van der Waals surface area (Å²) >= 11 is 0. The number of carbonyl (C=O) groups excluding carboxylic acids is 2. The maximum atomic E-state index is 14.3. The number of hydrogen-bond acceptors (Lipinski definition) is 11. The van der Waals surface area contributed by atoms with Crippen LogP contribution in [0.5, 0.6) is 0 Å². The summed E-state index contributed by atoms with van der Waals surface area (Å²) in [7, 11) is 3.83. The second-order valence-corrected chi connectivity index (χ2v) is 18.0. The summed E-state index contributed by atoms with van der Waals surface area (Å²) in [6, 6.07) is 8.93. The van der Waals surface area contributed by atoms with Crippen molar-refractivity contribution in [2.75, 3.05) is 54.5 Å². The van der Waals surface area contributed by atoms with Crippen molar-refractivity contribution in [1.82, 2.24) is 14.1 Å². The van der Waals surface area contributed by atoms with E-state index in [-0.39, 0.29) is 49.3 Å². The molecule has 50 heavy (non-hydrogen) atoms. The number of ketones is 1. The average Bonchev–Trinajstić information content (AvgIpc) is 3.06. The maximum absolute atomic E-state index is 14.3. The number of ether oxygens (including phenoxy) is 4. The highest BCUT2D eigenvalue weighted by atomic mass is 32.2. The van der Waals surface area contributed by atoms with Gasteiger partial charge in [-0.1, -0.05) is 44.2 Å². The Balaban J connectivity index is 1.63. The third-order valence-corrected chi connectivity index (χ3v) is 13.3. The molecule has 3 aliphatic rings. The molecule has 1 aromatic carbocycles. The maximum Gasteiger partial charge on any atom is 0.319 e. The van der Waals surface area contributed by atoms with Crippen molar-refractivity contribution in [3.05, 3.63) is 35.9 Å². The van der Waals surface area contributed by atoms with Gasteiger partial charge in [-0.15, -0.1) is 0 Å². The van der Waals surface area contributed by atoms with Crippen molar-refractivity contribution in [3.63, 3.8) is 0 Å². The van der Waals surface area contributed by atoms with Crippen LogP contribution in [-0.4, -0.2) is 136 Å². The van der Waals surface area contributed by atoms with Gasteiger partial charge in [0.05, 0.1) is 29.1 Å². The molecule has 0 aromatic heterocycles. The number of aliphatic hydroxyl groups excluding tert-OH is 1. The van der Waals surface area contributed by atoms with Gasteiger partial charge in [0.15, 0.2) is 12.1 Å². The number of likely N-dealkylation sites (N-methyl/N-ethyl adjacent to an activating group) is 2. The summed E-state index contributed by atoms with van der Waals surface area (Å²) < 4.78 is 53.4. The quantitative estimate of drug-likeness (QED) is 0.328. The number of cyclic esters (lactones) is 1. The van der Waals surface area contributed by atoms with Crippen LogP contribution >= 0.6 is 0 Å². The van der Waals surface area contributed by atoms with Gasteiger partial charge in [0.25, 0.3) is 0 Å². The van der Waals surface area contributed by atoms with Crippen LogP contribution < -0.4 is 0 Å². The second-order valence-electron chi connectivity index (χ2n) is 16.1. The molecule has 13 heteroatoms. The molecule has 1 aromatic rings. The summed E-state index contributed by atoms with van der Waals surface area (Å²) in [6.07, 6.45) is -1.03. The van der Waals surface area contributed by atoms with Gasteiger partial charge in [0.1, 0.15) is 18.1 Å². The Morgan fingerprint density at radius 2 is 1.66 bits per heavy atom. The Kier molecular flexibility index (Phi) is 13.0. The van der Waals surface area contributed by atoms with Crippen molar-refractivity contribution >= 4 is 21.8 Å². The monoisotopic (exact) mass is 723 g/mol. The Hall–Kier alpha value is -1.97. The number of nitrogens with zero attached hydrogens (tertiary/aromatic N) is 3. The largest absolute Gasteiger partial charge is 0.463 e. The first-order chi connectivity index (χ1) is 23.3. The number of esters is 1. The zero-order valence-electron chi connectivity index (χ0n) is 31.8. The van der Waals surface area contributed by atoms with Crippen LogP contribution in [-0.2, 0) is 44.3 Å². The molecule has 12 nitrogen and oxygen atoms in total. The molecular formula is C37H61N3O9S. The predicted molar refractivity (Wildman–Crippen MR) is 191 cm³/mol. The van der Waals surface area contributed by atoms with Gasteiger partial charge >= 0.3 is 5.97 Å². The van der Waals surface area contributed by atoms with Crippen LogP contribution in [0, 0.1) is 17.3 Å². The fraction of sp³-hybridized carbons (Fsp3) is 0.784. The molecular weight excluding hydrogens is 662 g/mol. The second kappa shape index (κ2) is 16.0. The first-order valence-electron chi connectivity index (χ1n) is 17.9. The van der Waals surface area contributed by atoms with Crippen LogP contribution in [0.2, 0.25) is 0 Å². The van der Waals surface area contributed by atoms with Crippen molar-refractivity contribution in [2.24, 2.45) is 17.3 Å². The topological polar surface area (TPSA) is 135 Å². The van der Waals surface area contributed by atoms with Gasteiger partial charge in [-0.25, -0.2) is 12.7 Å². The third kappa shape index (κ3) is 8.79. The number of sulfonamides is 1.